The Morgan fingerprint density at radius 1 is 0.579 bits per heavy atom. The van der Waals surface area contributed by atoms with Gasteiger partial charge in [-0.15, -0.1) is 0 Å². The first-order chi connectivity index (χ1) is 26.3. The second kappa shape index (κ2) is 20.0. The maximum absolute atomic E-state index is 12.8. The number of carboxylic acids is 1. The molecule has 4 rings (SSSR count). The first-order valence-electron chi connectivity index (χ1n) is 17.0. The monoisotopic (exact) mass is 847 g/mol. The Morgan fingerprint density at radius 2 is 0.930 bits per heavy atom. The van der Waals surface area contributed by atoms with E-state index in [1.54, 1.807) is 24.3 Å². The lowest BCUT2D eigenvalue weighted by Gasteiger charge is -2.23. The Hall–Kier alpha value is -4.94. The molecule has 10 nitrogen and oxygen atoms in total. The molecule has 0 unspecified atom stereocenters. The van der Waals surface area contributed by atoms with Gasteiger partial charge in [-0.2, -0.15) is 26.3 Å². The Morgan fingerprint density at radius 3 is 1.26 bits per heavy atom. The van der Waals surface area contributed by atoms with E-state index in [9.17, 15) is 52.8 Å². The standard InChI is InChI=1S/C20H21F3O4S.C11H11F3O4S.C8H11NO/c1-19(2,18(24)9-6-14-27-16-7-4-3-5-8-16)28(25,26)17-12-10-15(11-13-17)20(21,22)23;1-10(2,9(15)16)19(17,18)8-5-3-7(4-6-8)11(12,13)14;9-6-7-10-8-4-2-1-3-5-8/h3-5,7-8,10-13H,6,9,14H2,1-2H3;3-6H,1-2H3,(H,15,16);1-5H,6-7,9H2. The van der Waals surface area contributed by atoms with E-state index in [0.717, 1.165) is 43.9 Å². The third-order valence-electron chi connectivity index (χ3n) is 8.20. The molecule has 0 aromatic heterocycles. The molecule has 0 saturated heterocycles. The van der Waals surface area contributed by atoms with Crippen LogP contribution in [0.15, 0.2) is 119 Å². The summed E-state index contributed by atoms with van der Waals surface area (Å²) < 4.78 is 131. The van der Waals surface area contributed by atoms with Crippen LogP contribution >= 0.6 is 0 Å². The van der Waals surface area contributed by atoms with Crippen molar-refractivity contribution in [2.75, 3.05) is 19.8 Å². The quantitative estimate of drug-likeness (QED) is 0.0936. The Bertz CT molecular complexity index is 2110. The molecule has 0 spiro atoms. The van der Waals surface area contributed by atoms with Gasteiger partial charge in [0.25, 0.3) is 0 Å². The summed E-state index contributed by atoms with van der Waals surface area (Å²) in [6, 6.07) is 24.5. The molecule has 18 heteroatoms. The van der Waals surface area contributed by atoms with Gasteiger partial charge >= 0.3 is 18.3 Å². The molecule has 0 aliphatic carbocycles. The molecule has 4 aromatic carbocycles. The third-order valence-corrected chi connectivity index (χ3v) is 13.1. The normalized spacial score (nSPS) is 12.3. The van der Waals surface area contributed by atoms with Crippen LogP contribution in [0.5, 0.6) is 11.5 Å². The van der Waals surface area contributed by atoms with E-state index >= 15 is 0 Å². The van der Waals surface area contributed by atoms with Crippen LogP contribution in [0.3, 0.4) is 0 Å². The molecule has 0 fully saturated rings. The number of hydrogen-bond acceptors (Lipinski definition) is 9. The number of nitrogens with two attached hydrogens (primary N) is 1. The van der Waals surface area contributed by atoms with Gasteiger partial charge < -0.3 is 20.3 Å². The van der Waals surface area contributed by atoms with E-state index in [-0.39, 0.29) is 17.9 Å². The predicted molar refractivity (Wildman–Crippen MR) is 200 cm³/mol. The molecule has 57 heavy (non-hydrogen) atoms. The summed E-state index contributed by atoms with van der Waals surface area (Å²) in [5.41, 5.74) is 3.30. The molecule has 3 N–H and O–H groups in total. The van der Waals surface area contributed by atoms with Crippen LogP contribution in [-0.4, -0.2) is 62.9 Å². The molecule has 312 valence electrons. The van der Waals surface area contributed by atoms with Crippen molar-refractivity contribution in [1.29, 1.82) is 0 Å². The predicted octanol–water partition coefficient (Wildman–Crippen LogP) is 8.05. The lowest BCUT2D eigenvalue weighted by molar-refractivity contribution is -0.139. The number of carbonyl (C=O) groups is 2. The average molecular weight is 848 g/mol. The number of aliphatic carboxylic acids is 1. The largest absolute Gasteiger partial charge is 0.494 e. The second-order valence-corrected chi connectivity index (χ2v) is 18.0. The van der Waals surface area contributed by atoms with Gasteiger partial charge in [0.15, 0.2) is 30.2 Å². The minimum Gasteiger partial charge on any atom is -0.494 e. The number of ether oxygens (including phenoxy) is 2. The van der Waals surface area contributed by atoms with Gasteiger partial charge in [-0.3, -0.25) is 9.59 Å². The zero-order valence-corrected chi connectivity index (χ0v) is 32.9. The molecule has 0 atom stereocenters. The van der Waals surface area contributed by atoms with Crippen LogP contribution in [0.2, 0.25) is 0 Å². The summed E-state index contributed by atoms with van der Waals surface area (Å²) in [6.07, 6.45) is -8.85. The van der Waals surface area contributed by atoms with Crippen molar-refractivity contribution in [3.05, 3.63) is 120 Å². The first kappa shape index (κ1) is 48.2. The molecule has 4 aromatic rings. The number of carbonyl (C=O) groups excluding carboxylic acids is 1. The fourth-order valence-electron chi connectivity index (χ4n) is 4.43. The van der Waals surface area contributed by atoms with Crippen LogP contribution in [-0.2, 0) is 41.6 Å². The zero-order valence-electron chi connectivity index (χ0n) is 31.3. The number of benzene rings is 4. The SMILES string of the molecule is CC(C)(C(=O)CCCOc1ccccc1)S(=O)(=O)c1ccc(C(F)(F)F)cc1.CC(C)(C(=O)O)S(=O)(=O)c1ccc(C(F)(F)F)cc1.NCCOc1ccccc1. The fraction of sp³-hybridized carbons (Fsp3) is 0.333. The Kier molecular flexibility index (Phi) is 16.9. The van der Waals surface area contributed by atoms with Gasteiger partial charge in [-0.25, -0.2) is 16.8 Å². The van der Waals surface area contributed by atoms with E-state index < -0.39 is 69.3 Å². The molecule has 0 bridgehead atoms. The highest BCUT2D eigenvalue weighted by Crippen LogP contribution is 2.34. The number of hydrogen-bond donors (Lipinski definition) is 2. The molecule has 0 heterocycles. The summed E-state index contributed by atoms with van der Waals surface area (Å²) in [6.45, 7) is 5.87. The van der Waals surface area contributed by atoms with Crippen LogP contribution in [0.25, 0.3) is 0 Å². The number of para-hydroxylation sites is 2. The van der Waals surface area contributed by atoms with Crippen molar-refractivity contribution >= 4 is 31.4 Å². The van der Waals surface area contributed by atoms with Crippen molar-refractivity contribution in [3.63, 3.8) is 0 Å². The smallest absolute Gasteiger partial charge is 0.416 e. The van der Waals surface area contributed by atoms with E-state index in [4.69, 9.17) is 20.3 Å². The number of ketones is 1. The Balaban J connectivity index is 0.000000331. The lowest BCUT2D eigenvalue weighted by Crippen LogP contribution is -2.40. The van der Waals surface area contributed by atoms with Crippen LogP contribution in [0, 0.1) is 0 Å². The van der Waals surface area contributed by atoms with E-state index in [0.29, 0.717) is 49.6 Å². The maximum atomic E-state index is 12.8. The second-order valence-electron chi connectivity index (χ2n) is 13.0. The van der Waals surface area contributed by atoms with Crippen molar-refractivity contribution in [2.24, 2.45) is 5.73 Å². The van der Waals surface area contributed by atoms with Gasteiger partial charge in [0, 0.05) is 13.0 Å². The van der Waals surface area contributed by atoms with Crippen LogP contribution < -0.4 is 15.2 Å². The van der Waals surface area contributed by atoms with Crippen molar-refractivity contribution < 1.29 is 67.3 Å². The fourth-order valence-corrected chi connectivity index (χ4v) is 7.23. The highest BCUT2D eigenvalue weighted by atomic mass is 32.2. The number of rotatable bonds is 14. The highest BCUT2D eigenvalue weighted by Gasteiger charge is 2.44. The Labute approximate surface area is 327 Å². The van der Waals surface area contributed by atoms with Crippen molar-refractivity contribution in [2.45, 2.75) is 72.2 Å². The summed E-state index contributed by atoms with van der Waals surface area (Å²) in [5.74, 6) is -0.573. The number of halogens is 6. The van der Waals surface area contributed by atoms with Gasteiger partial charge in [0.1, 0.15) is 22.9 Å². The van der Waals surface area contributed by atoms with Crippen molar-refractivity contribution in [1.82, 2.24) is 0 Å². The van der Waals surface area contributed by atoms with E-state index in [1.165, 1.54) is 13.8 Å². The minimum absolute atomic E-state index is 0.0281. The van der Waals surface area contributed by atoms with E-state index in [2.05, 4.69) is 0 Å². The molecule has 0 aliphatic rings. The first-order valence-corrected chi connectivity index (χ1v) is 19.9. The van der Waals surface area contributed by atoms with Gasteiger partial charge in [-0.05, 0) is 107 Å². The lowest BCUT2D eigenvalue weighted by atomic mass is 10.0. The molecule has 0 radical (unpaired) electrons. The summed E-state index contributed by atoms with van der Waals surface area (Å²) in [7, 11) is -8.41. The zero-order chi connectivity index (χ0) is 43.3. The number of alkyl halides is 6. The third kappa shape index (κ3) is 13.3. The highest BCUT2D eigenvalue weighted by molar-refractivity contribution is 7.94. The van der Waals surface area contributed by atoms with Gasteiger partial charge in [0.2, 0.25) is 0 Å². The molecule has 0 aliphatic heterocycles. The van der Waals surface area contributed by atoms with Crippen molar-refractivity contribution in [3.8, 4) is 11.5 Å². The average Bonchev–Trinajstić information content (AvgIpc) is 3.16. The van der Waals surface area contributed by atoms with E-state index in [1.807, 2.05) is 36.4 Å². The van der Waals surface area contributed by atoms with Crippen LogP contribution in [0.4, 0.5) is 26.3 Å². The summed E-state index contributed by atoms with van der Waals surface area (Å²) in [5, 5.41) is 8.86. The topological polar surface area (TPSA) is 167 Å². The summed E-state index contributed by atoms with van der Waals surface area (Å²) in [4.78, 5) is 22.6. The minimum atomic E-state index is -4.58. The number of sulfone groups is 2. The van der Waals surface area contributed by atoms with Gasteiger partial charge in [0.05, 0.1) is 27.5 Å². The number of Topliss-reactive ketones (excluding diaryl/α,β-unsaturated/α-hetero) is 1. The summed E-state index contributed by atoms with van der Waals surface area (Å²) >= 11 is 0. The molecular weight excluding hydrogens is 805 g/mol. The number of carboxylic acid groups (broad SMARTS) is 1. The maximum Gasteiger partial charge on any atom is 0.416 e. The molecule has 0 amide bonds. The van der Waals surface area contributed by atoms with Gasteiger partial charge in [-0.1, -0.05) is 36.4 Å². The van der Waals surface area contributed by atoms with Crippen LogP contribution in [0.1, 0.15) is 51.7 Å². The molecular formula is C39H43F6NO9S2. The molecule has 0 saturated carbocycles.